The van der Waals surface area contributed by atoms with Crippen molar-refractivity contribution in [3.05, 3.63) is 18.6 Å². The molecule has 0 unspecified atom stereocenters. The van der Waals surface area contributed by atoms with E-state index in [9.17, 15) is 9.90 Å². The maximum absolute atomic E-state index is 10.6. The summed E-state index contributed by atoms with van der Waals surface area (Å²) in [6.07, 6.45) is 4.45. The number of carbonyl (C=O) groups is 1. The number of hydrogen-bond acceptors (Lipinski definition) is 5. The van der Waals surface area contributed by atoms with Crippen molar-refractivity contribution >= 4 is 11.8 Å². The van der Waals surface area contributed by atoms with E-state index in [1.54, 1.807) is 6.20 Å². The van der Waals surface area contributed by atoms with Gasteiger partial charge in [-0.25, -0.2) is 9.97 Å². The molecule has 2 rings (SSSR count). The molecule has 0 saturated carbocycles. The molecule has 0 aromatic carbocycles. The molecular formula is C10H12LiN3O2. The Labute approximate surface area is 106 Å². The van der Waals surface area contributed by atoms with E-state index in [1.165, 1.54) is 6.33 Å². The Bertz CT molecular complexity index is 339. The zero-order chi connectivity index (χ0) is 10.7. The topological polar surface area (TPSA) is 69.2 Å². The number of carboxylic acid groups (broad SMARTS) is 1. The van der Waals surface area contributed by atoms with Crippen LogP contribution in [0.4, 0.5) is 5.82 Å². The van der Waals surface area contributed by atoms with Crippen molar-refractivity contribution in [1.82, 2.24) is 9.97 Å². The Hall–Kier alpha value is -1.05. The number of rotatable bonds is 2. The minimum absolute atomic E-state index is 0. The SMILES string of the molecule is O=C([O-])C1CCN(c2ccncn2)CC1.[Li+]. The third-order valence-electron chi connectivity index (χ3n) is 2.72. The minimum Gasteiger partial charge on any atom is -0.550 e. The zero-order valence-corrected chi connectivity index (χ0v) is 9.30. The third-order valence-corrected chi connectivity index (χ3v) is 2.72. The molecule has 0 atom stereocenters. The first kappa shape index (κ1) is 13.0. The van der Waals surface area contributed by atoms with Crippen molar-refractivity contribution in [3.63, 3.8) is 0 Å². The monoisotopic (exact) mass is 213 g/mol. The van der Waals surface area contributed by atoms with Crippen LogP contribution in [-0.4, -0.2) is 29.0 Å². The van der Waals surface area contributed by atoms with E-state index in [0.29, 0.717) is 12.8 Å². The summed E-state index contributed by atoms with van der Waals surface area (Å²) >= 11 is 0. The van der Waals surface area contributed by atoms with Gasteiger partial charge >= 0.3 is 18.9 Å². The first-order valence-corrected chi connectivity index (χ1v) is 4.99. The van der Waals surface area contributed by atoms with Gasteiger partial charge in [0.25, 0.3) is 0 Å². The van der Waals surface area contributed by atoms with Crippen molar-refractivity contribution in [3.8, 4) is 0 Å². The van der Waals surface area contributed by atoms with E-state index in [1.807, 2.05) is 6.07 Å². The first-order valence-electron chi connectivity index (χ1n) is 4.99. The number of piperidine rings is 1. The molecule has 1 aromatic rings. The number of nitrogens with zero attached hydrogens (tertiary/aromatic N) is 3. The quantitative estimate of drug-likeness (QED) is 0.476. The molecule has 2 heterocycles. The van der Waals surface area contributed by atoms with E-state index in [0.717, 1.165) is 18.9 Å². The van der Waals surface area contributed by atoms with Gasteiger partial charge in [0, 0.05) is 31.2 Å². The summed E-state index contributed by atoms with van der Waals surface area (Å²) in [5.74, 6) is -0.373. The van der Waals surface area contributed by atoms with Crippen LogP contribution in [0.15, 0.2) is 18.6 Å². The summed E-state index contributed by atoms with van der Waals surface area (Å²) in [6, 6.07) is 1.83. The molecule has 1 fully saturated rings. The number of hydrogen-bond donors (Lipinski definition) is 0. The number of anilines is 1. The summed E-state index contributed by atoms with van der Waals surface area (Å²) in [6.45, 7) is 1.44. The molecule has 6 heteroatoms. The van der Waals surface area contributed by atoms with Gasteiger partial charge in [-0.1, -0.05) is 0 Å². The van der Waals surface area contributed by atoms with Gasteiger partial charge in [-0.15, -0.1) is 0 Å². The number of aromatic nitrogens is 2. The van der Waals surface area contributed by atoms with Gasteiger partial charge in [0.15, 0.2) is 0 Å². The van der Waals surface area contributed by atoms with Crippen LogP contribution in [0.5, 0.6) is 0 Å². The van der Waals surface area contributed by atoms with Gasteiger partial charge in [-0.2, -0.15) is 0 Å². The molecule has 16 heavy (non-hydrogen) atoms. The maximum atomic E-state index is 10.6. The van der Waals surface area contributed by atoms with Crippen LogP contribution in [0.1, 0.15) is 12.8 Å². The first-order chi connectivity index (χ1) is 7.27. The molecule has 0 bridgehead atoms. The molecule has 0 spiro atoms. The molecule has 0 amide bonds. The Morgan fingerprint density at radius 1 is 1.44 bits per heavy atom. The Morgan fingerprint density at radius 3 is 2.62 bits per heavy atom. The minimum atomic E-state index is -0.933. The van der Waals surface area contributed by atoms with Gasteiger partial charge < -0.3 is 14.8 Å². The zero-order valence-electron chi connectivity index (χ0n) is 9.30. The van der Waals surface area contributed by atoms with Crippen molar-refractivity contribution < 1.29 is 28.8 Å². The molecule has 1 aliphatic rings. The molecule has 80 valence electrons. The molecule has 1 aliphatic heterocycles. The fourth-order valence-electron chi connectivity index (χ4n) is 1.82. The van der Waals surface area contributed by atoms with Crippen LogP contribution < -0.4 is 28.9 Å². The number of aliphatic carboxylic acids is 1. The predicted molar refractivity (Wildman–Crippen MR) is 52.0 cm³/mol. The molecular weight excluding hydrogens is 201 g/mol. The summed E-state index contributed by atoms with van der Waals surface area (Å²) in [7, 11) is 0. The fraction of sp³-hybridized carbons (Fsp3) is 0.500. The normalized spacial score (nSPS) is 16.6. The van der Waals surface area contributed by atoms with Crippen LogP contribution in [0.25, 0.3) is 0 Å². The Kier molecular flexibility index (Phi) is 4.78. The van der Waals surface area contributed by atoms with Gasteiger partial charge in [-0.05, 0) is 18.9 Å². The van der Waals surface area contributed by atoms with Gasteiger partial charge in [0.1, 0.15) is 12.1 Å². The third kappa shape index (κ3) is 2.97. The van der Waals surface area contributed by atoms with Crippen LogP contribution in [0, 0.1) is 5.92 Å². The molecule has 5 nitrogen and oxygen atoms in total. The largest absolute Gasteiger partial charge is 1.00 e. The fourth-order valence-corrected chi connectivity index (χ4v) is 1.82. The molecule has 0 N–H and O–H groups in total. The second-order valence-corrected chi connectivity index (χ2v) is 3.65. The van der Waals surface area contributed by atoms with Crippen LogP contribution in [0.3, 0.4) is 0 Å². The number of carboxylic acids is 1. The molecule has 0 aliphatic carbocycles. The molecule has 1 saturated heterocycles. The van der Waals surface area contributed by atoms with E-state index in [2.05, 4.69) is 14.9 Å². The van der Waals surface area contributed by atoms with Gasteiger partial charge in [-0.3, -0.25) is 0 Å². The van der Waals surface area contributed by atoms with Crippen LogP contribution >= 0.6 is 0 Å². The smallest absolute Gasteiger partial charge is 0.550 e. The average Bonchev–Trinajstić information content (AvgIpc) is 2.30. The standard InChI is InChI=1S/C10H13N3O2.Li/c14-10(15)8-2-5-13(6-3-8)9-1-4-11-7-12-9;/h1,4,7-8H,2-3,5-6H2,(H,14,15);/q;+1/p-1. The van der Waals surface area contributed by atoms with Crippen molar-refractivity contribution in [1.29, 1.82) is 0 Å². The molecule has 0 radical (unpaired) electrons. The Balaban J connectivity index is 0.00000128. The van der Waals surface area contributed by atoms with E-state index < -0.39 is 5.97 Å². The van der Waals surface area contributed by atoms with Crippen LogP contribution in [-0.2, 0) is 4.79 Å². The second kappa shape index (κ2) is 5.88. The van der Waals surface area contributed by atoms with Gasteiger partial charge in [0.2, 0.25) is 0 Å². The summed E-state index contributed by atoms with van der Waals surface area (Å²) < 4.78 is 0. The maximum Gasteiger partial charge on any atom is 1.00 e. The van der Waals surface area contributed by atoms with Crippen molar-refractivity contribution in [2.24, 2.45) is 5.92 Å². The average molecular weight is 213 g/mol. The molecule has 1 aromatic heterocycles. The predicted octanol–water partition coefficient (Wildman–Crippen LogP) is -3.55. The summed E-state index contributed by atoms with van der Waals surface area (Å²) in [4.78, 5) is 20.7. The van der Waals surface area contributed by atoms with Crippen molar-refractivity contribution in [2.75, 3.05) is 18.0 Å². The van der Waals surface area contributed by atoms with E-state index in [4.69, 9.17) is 0 Å². The second-order valence-electron chi connectivity index (χ2n) is 3.65. The summed E-state index contributed by atoms with van der Waals surface area (Å²) in [5.41, 5.74) is 0. The van der Waals surface area contributed by atoms with Gasteiger partial charge in [0.05, 0.1) is 0 Å². The summed E-state index contributed by atoms with van der Waals surface area (Å²) in [5, 5.41) is 10.6. The Morgan fingerprint density at radius 2 is 2.12 bits per heavy atom. The van der Waals surface area contributed by atoms with E-state index in [-0.39, 0.29) is 24.8 Å². The van der Waals surface area contributed by atoms with E-state index >= 15 is 0 Å². The number of carbonyl (C=O) groups excluding carboxylic acids is 1. The van der Waals surface area contributed by atoms with Crippen molar-refractivity contribution in [2.45, 2.75) is 12.8 Å². The van der Waals surface area contributed by atoms with Crippen LogP contribution in [0.2, 0.25) is 0 Å².